The van der Waals surface area contributed by atoms with E-state index in [0.717, 1.165) is 4.90 Å². The average Bonchev–Trinajstić information content (AvgIpc) is 2.38. The summed E-state index contributed by atoms with van der Waals surface area (Å²) in [7, 11) is 1.26. The van der Waals surface area contributed by atoms with E-state index in [1.165, 1.54) is 31.0 Å². The van der Waals surface area contributed by atoms with E-state index >= 15 is 0 Å². The molecule has 0 spiro atoms. The molecule has 0 aliphatic heterocycles. The molecule has 0 aromatic heterocycles. The summed E-state index contributed by atoms with van der Waals surface area (Å²) in [5.41, 5.74) is 0. The van der Waals surface area contributed by atoms with Gasteiger partial charge in [0.05, 0.1) is 12.3 Å². The van der Waals surface area contributed by atoms with Crippen molar-refractivity contribution >= 4 is 23.6 Å². The molecule has 0 radical (unpaired) electrons. The van der Waals surface area contributed by atoms with Crippen LogP contribution in [0.5, 0.6) is 0 Å². The predicted molar refractivity (Wildman–Crippen MR) is 68.6 cm³/mol. The summed E-state index contributed by atoms with van der Waals surface area (Å²) in [6.45, 7) is -0.0886. The Labute approximate surface area is 114 Å². The number of carbonyl (C=O) groups is 2. The molecule has 2 N–H and O–H groups in total. The highest BCUT2D eigenvalue weighted by Gasteiger charge is 2.16. The van der Waals surface area contributed by atoms with Crippen molar-refractivity contribution in [2.75, 3.05) is 19.4 Å². The van der Waals surface area contributed by atoms with Crippen molar-refractivity contribution in [3.63, 3.8) is 0 Å². The molecule has 5 nitrogen and oxygen atoms in total. The topological polar surface area (TPSA) is 75.6 Å². The third-order valence-corrected chi connectivity index (χ3v) is 3.24. The standard InChI is InChI=1S/C12H14FNO4S/c1-18-10(12(16)17)6-14-11(15)7-19-9-4-2-8(13)3-5-9/h2-5,10H,6-7H2,1H3,(H,14,15)(H,16,17). The van der Waals surface area contributed by atoms with Gasteiger partial charge in [-0.05, 0) is 24.3 Å². The highest BCUT2D eigenvalue weighted by molar-refractivity contribution is 8.00. The van der Waals surface area contributed by atoms with Crippen LogP contribution in [0.3, 0.4) is 0 Å². The number of carbonyl (C=O) groups excluding carboxylic acids is 1. The van der Waals surface area contributed by atoms with E-state index in [2.05, 4.69) is 10.1 Å². The highest BCUT2D eigenvalue weighted by atomic mass is 32.2. The smallest absolute Gasteiger partial charge is 0.334 e. The first-order chi connectivity index (χ1) is 9.02. The minimum atomic E-state index is -1.13. The number of thioether (sulfide) groups is 1. The normalized spacial score (nSPS) is 11.9. The zero-order valence-electron chi connectivity index (χ0n) is 10.3. The third kappa shape index (κ3) is 5.71. The summed E-state index contributed by atoms with van der Waals surface area (Å²) < 4.78 is 17.3. The van der Waals surface area contributed by atoms with Gasteiger partial charge in [0.15, 0.2) is 6.10 Å². The largest absolute Gasteiger partial charge is 0.479 e. The molecule has 0 saturated heterocycles. The van der Waals surface area contributed by atoms with E-state index in [9.17, 15) is 14.0 Å². The molecule has 0 fully saturated rings. The number of nitrogens with one attached hydrogen (secondary N) is 1. The molecule has 1 atom stereocenters. The molecule has 7 heteroatoms. The Morgan fingerprint density at radius 1 is 1.42 bits per heavy atom. The highest BCUT2D eigenvalue weighted by Crippen LogP contribution is 2.17. The summed E-state index contributed by atoms with van der Waals surface area (Å²) >= 11 is 1.24. The second-order valence-electron chi connectivity index (χ2n) is 3.61. The average molecular weight is 287 g/mol. The van der Waals surface area contributed by atoms with Crippen molar-refractivity contribution in [3.05, 3.63) is 30.1 Å². The second-order valence-corrected chi connectivity index (χ2v) is 4.66. The lowest BCUT2D eigenvalue weighted by Gasteiger charge is -2.11. The van der Waals surface area contributed by atoms with Crippen molar-refractivity contribution in [1.29, 1.82) is 0 Å². The Morgan fingerprint density at radius 3 is 2.58 bits per heavy atom. The Balaban J connectivity index is 2.31. The van der Waals surface area contributed by atoms with Gasteiger partial charge in [0, 0.05) is 12.0 Å². The zero-order chi connectivity index (χ0) is 14.3. The van der Waals surface area contributed by atoms with Crippen LogP contribution in [-0.2, 0) is 14.3 Å². The molecule has 1 aromatic carbocycles. The predicted octanol–water partition coefficient (Wildman–Crippen LogP) is 1.13. The van der Waals surface area contributed by atoms with Crippen LogP contribution < -0.4 is 5.32 Å². The summed E-state index contributed by atoms with van der Waals surface area (Å²) in [5, 5.41) is 11.2. The van der Waals surface area contributed by atoms with Gasteiger partial charge in [-0.3, -0.25) is 4.79 Å². The molecule has 1 unspecified atom stereocenters. The van der Waals surface area contributed by atoms with Crippen LogP contribution in [0.15, 0.2) is 29.2 Å². The second kappa shape index (κ2) is 7.75. The lowest BCUT2D eigenvalue weighted by molar-refractivity contribution is -0.148. The maximum Gasteiger partial charge on any atom is 0.334 e. The number of amides is 1. The van der Waals surface area contributed by atoms with E-state index in [4.69, 9.17) is 5.11 Å². The minimum Gasteiger partial charge on any atom is -0.479 e. The van der Waals surface area contributed by atoms with Crippen LogP contribution in [0.2, 0.25) is 0 Å². The fourth-order valence-electron chi connectivity index (χ4n) is 1.21. The zero-order valence-corrected chi connectivity index (χ0v) is 11.1. The summed E-state index contributed by atoms with van der Waals surface area (Å²) in [5.74, 6) is -1.65. The monoisotopic (exact) mass is 287 g/mol. The molecule has 1 aromatic rings. The van der Waals surface area contributed by atoms with Gasteiger partial charge in [-0.15, -0.1) is 11.8 Å². The van der Waals surface area contributed by atoms with Gasteiger partial charge < -0.3 is 15.2 Å². The van der Waals surface area contributed by atoms with E-state index in [1.807, 2.05) is 0 Å². The number of hydrogen-bond acceptors (Lipinski definition) is 4. The van der Waals surface area contributed by atoms with Crippen molar-refractivity contribution in [2.24, 2.45) is 0 Å². The molecule has 1 amide bonds. The van der Waals surface area contributed by atoms with Gasteiger partial charge in [0.25, 0.3) is 0 Å². The Morgan fingerprint density at radius 2 is 2.05 bits per heavy atom. The van der Waals surface area contributed by atoms with Crippen LogP contribution >= 0.6 is 11.8 Å². The number of halogens is 1. The Bertz CT molecular complexity index is 438. The Kier molecular flexibility index (Phi) is 6.31. The number of carboxylic acid groups (broad SMARTS) is 1. The van der Waals surface area contributed by atoms with Crippen LogP contribution in [0.25, 0.3) is 0 Å². The number of rotatable bonds is 7. The fraction of sp³-hybridized carbons (Fsp3) is 0.333. The molecule has 0 bridgehead atoms. The molecule has 19 heavy (non-hydrogen) atoms. The van der Waals surface area contributed by atoms with Crippen LogP contribution in [0, 0.1) is 5.82 Å². The molecular weight excluding hydrogens is 273 g/mol. The Hall–Kier alpha value is -1.60. The SMILES string of the molecule is COC(CNC(=O)CSc1ccc(F)cc1)C(=O)O. The van der Waals surface area contributed by atoms with Crippen LogP contribution in [0.4, 0.5) is 4.39 Å². The van der Waals surface area contributed by atoms with Crippen molar-refractivity contribution in [1.82, 2.24) is 5.32 Å². The van der Waals surface area contributed by atoms with Crippen molar-refractivity contribution in [2.45, 2.75) is 11.0 Å². The maximum atomic E-state index is 12.7. The number of ether oxygens (including phenoxy) is 1. The molecule has 0 heterocycles. The third-order valence-electron chi connectivity index (χ3n) is 2.23. The molecular formula is C12H14FNO4S. The van der Waals surface area contributed by atoms with Crippen molar-refractivity contribution in [3.8, 4) is 0 Å². The first-order valence-corrected chi connectivity index (χ1v) is 6.42. The fourth-order valence-corrected chi connectivity index (χ4v) is 1.94. The molecule has 0 saturated carbocycles. The van der Waals surface area contributed by atoms with Crippen LogP contribution in [0.1, 0.15) is 0 Å². The number of aliphatic carboxylic acids is 1. The quantitative estimate of drug-likeness (QED) is 0.735. The first-order valence-electron chi connectivity index (χ1n) is 5.43. The number of benzene rings is 1. The summed E-state index contributed by atoms with van der Waals surface area (Å²) in [6, 6.07) is 5.77. The van der Waals surface area contributed by atoms with E-state index < -0.39 is 12.1 Å². The van der Waals surface area contributed by atoms with E-state index in [1.54, 1.807) is 12.1 Å². The summed E-state index contributed by atoms with van der Waals surface area (Å²) in [4.78, 5) is 22.9. The van der Waals surface area contributed by atoms with Crippen molar-refractivity contribution < 1.29 is 23.8 Å². The van der Waals surface area contributed by atoms with Gasteiger partial charge >= 0.3 is 5.97 Å². The van der Waals surface area contributed by atoms with Gasteiger partial charge in [-0.2, -0.15) is 0 Å². The van der Waals surface area contributed by atoms with Gasteiger partial charge in [-0.1, -0.05) is 0 Å². The lowest BCUT2D eigenvalue weighted by atomic mass is 10.3. The molecule has 0 aliphatic rings. The minimum absolute atomic E-state index is 0.0886. The molecule has 1 rings (SSSR count). The molecule has 104 valence electrons. The van der Waals surface area contributed by atoms with Gasteiger partial charge in [0.1, 0.15) is 5.82 Å². The maximum absolute atomic E-state index is 12.7. The molecule has 0 aliphatic carbocycles. The number of hydrogen-bond donors (Lipinski definition) is 2. The number of methoxy groups -OCH3 is 1. The van der Waals surface area contributed by atoms with Crippen LogP contribution in [-0.4, -0.2) is 42.5 Å². The van der Waals surface area contributed by atoms with E-state index in [-0.39, 0.29) is 24.0 Å². The first kappa shape index (κ1) is 15.5. The van der Waals surface area contributed by atoms with Gasteiger partial charge in [0.2, 0.25) is 5.91 Å². The van der Waals surface area contributed by atoms with E-state index in [0.29, 0.717) is 0 Å². The lowest BCUT2D eigenvalue weighted by Crippen LogP contribution is -2.38. The van der Waals surface area contributed by atoms with Gasteiger partial charge in [-0.25, -0.2) is 9.18 Å². The number of carboxylic acids is 1. The summed E-state index contributed by atoms with van der Waals surface area (Å²) in [6.07, 6.45) is -1.06.